The fourth-order valence-corrected chi connectivity index (χ4v) is 2.12. The molecule has 0 saturated heterocycles. The summed E-state index contributed by atoms with van der Waals surface area (Å²) in [5.74, 6) is 0.594. The molecule has 0 aromatic heterocycles. The molecule has 0 aliphatic heterocycles. The molecule has 2 aromatic rings. The van der Waals surface area contributed by atoms with E-state index in [-0.39, 0.29) is 0 Å². The summed E-state index contributed by atoms with van der Waals surface area (Å²) in [6.07, 6.45) is 2.48. The van der Waals surface area contributed by atoms with Crippen LogP contribution in [0.3, 0.4) is 0 Å². The summed E-state index contributed by atoms with van der Waals surface area (Å²) in [5.41, 5.74) is 2.77. The number of carbonyl (C=O) groups excluding carboxylic acids is 1. The Morgan fingerprint density at radius 1 is 1.19 bits per heavy atom. The zero-order valence-electron chi connectivity index (χ0n) is 12.2. The maximum absolute atomic E-state index is 11.2. The van der Waals surface area contributed by atoms with Crippen molar-refractivity contribution in [3.8, 4) is 5.75 Å². The van der Waals surface area contributed by atoms with Gasteiger partial charge in [-0.25, -0.2) is 0 Å². The number of hydrogen-bond donors (Lipinski definition) is 0. The van der Waals surface area contributed by atoms with Gasteiger partial charge in [-0.1, -0.05) is 36.9 Å². The summed E-state index contributed by atoms with van der Waals surface area (Å²) in [4.78, 5) is 13.3. The number of para-hydroxylation sites is 1. The topological polar surface area (TPSA) is 29.5 Å². The van der Waals surface area contributed by atoms with Gasteiger partial charge in [0.1, 0.15) is 12.4 Å². The van der Waals surface area contributed by atoms with Crippen molar-refractivity contribution in [1.29, 1.82) is 0 Å². The maximum atomic E-state index is 11.2. The van der Waals surface area contributed by atoms with E-state index >= 15 is 0 Å². The van der Waals surface area contributed by atoms with Crippen molar-refractivity contribution in [3.05, 3.63) is 72.3 Å². The number of anilines is 1. The van der Waals surface area contributed by atoms with Crippen LogP contribution in [0.15, 0.2) is 61.2 Å². The summed E-state index contributed by atoms with van der Waals surface area (Å²) in [6, 6.07) is 15.8. The third kappa shape index (κ3) is 3.96. The predicted molar refractivity (Wildman–Crippen MR) is 86.1 cm³/mol. The first kappa shape index (κ1) is 14.9. The highest BCUT2D eigenvalue weighted by molar-refractivity contribution is 5.79. The van der Waals surface area contributed by atoms with Crippen molar-refractivity contribution >= 4 is 12.0 Å². The van der Waals surface area contributed by atoms with Gasteiger partial charge in [0.25, 0.3) is 0 Å². The maximum Gasteiger partial charge on any atom is 0.153 e. The first-order valence-corrected chi connectivity index (χ1v) is 6.82. The average molecular weight is 281 g/mol. The normalized spacial score (nSPS) is 9.95. The van der Waals surface area contributed by atoms with E-state index in [9.17, 15) is 4.79 Å². The molecular weight excluding hydrogens is 262 g/mol. The van der Waals surface area contributed by atoms with E-state index in [1.807, 2.05) is 43.4 Å². The van der Waals surface area contributed by atoms with Crippen LogP contribution in [0.5, 0.6) is 5.75 Å². The molecule has 21 heavy (non-hydrogen) atoms. The molecule has 0 amide bonds. The van der Waals surface area contributed by atoms with Crippen molar-refractivity contribution in [1.82, 2.24) is 0 Å². The second-order valence-corrected chi connectivity index (χ2v) is 4.78. The minimum atomic E-state index is 0.393. The van der Waals surface area contributed by atoms with E-state index in [1.165, 1.54) is 0 Å². The van der Waals surface area contributed by atoms with Crippen LogP contribution in [0.4, 0.5) is 5.69 Å². The van der Waals surface area contributed by atoms with Crippen LogP contribution in [0.2, 0.25) is 0 Å². The quantitative estimate of drug-likeness (QED) is 0.572. The Kier molecular flexibility index (Phi) is 5.16. The molecule has 2 aromatic carbocycles. The number of rotatable bonds is 7. The van der Waals surface area contributed by atoms with Crippen LogP contribution in [0.25, 0.3) is 0 Å². The fraction of sp³-hybridized carbons (Fsp3) is 0.167. The molecule has 0 radical (unpaired) electrons. The van der Waals surface area contributed by atoms with Crippen LogP contribution < -0.4 is 9.64 Å². The van der Waals surface area contributed by atoms with Gasteiger partial charge in [0.2, 0.25) is 0 Å². The highest BCUT2D eigenvalue weighted by Crippen LogP contribution is 2.21. The molecule has 0 fully saturated rings. The third-order valence-corrected chi connectivity index (χ3v) is 3.17. The lowest BCUT2D eigenvalue weighted by molar-refractivity contribution is 0.112. The summed E-state index contributed by atoms with van der Waals surface area (Å²) in [6.45, 7) is 4.72. The van der Waals surface area contributed by atoms with E-state index < -0.39 is 0 Å². The summed E-state index contributed by atoms with van der Waals surface area (Å²) in [5, 5.41) is 0. The van der Waals surface area contributed by atoms with E-state index in [1.54, 1.807) is 6.08 Å². The van der Waals surface area contributed by atoms with Crippen LogP contribution >= 0.6 is 0 Å². The highest BCUT2D eigenvalue weighted by Gasteiger charge is 2.07. The molecule has 0 unspecified atom stereocenters. The minimum absolute atomic E-state index is 0.393. The Balaban J connectivity index is 2.13. The molecule has 0 saturated carbocycles. The molecule has 0 atom stereocenters. The molecule has 0 N–H and O–H groups in total. The lowest BCUT2D eigenvalue weighted by Gasteiger charge is -2.20. The van der Waals surface area contributed by atoms with Crippen molar-refractivity contribution in [2.75, 3.05) is 18.6 Å². The highest BCUT2D eigenvalue weighted by atomic mass is 16.5. The molecule has 0 bridgehead atoms. The number of carbonyl (C=O) groups is 1. The summed E-state index contributed by atoms with van der Waals surface area (Å²) >= 11 is 0. The molecule has 0 spiro atoms. The van der Waals surface area contributed by atoms with Gasteiger partial charge in [0.05, 0.1) is 5.56 Å². The molecular formula is C18H19NO2. The van der Waals surface area contributed by atoms with Crippen molar-refractivity contribution in [2.45, 2.75) is 6.54 Å². The lowest BCUT2D eigenvalue weighted by Crippen LogP contribution is -2.16. The van der Waals surface area contributed by atoms with Gasteiger partial charge in [-0.05, 0) is 29.8 Å². The molecule has 0 heterocycles. The smallest absolute Gasteiger partial charge is 0.153 e. The molecule has 2 rings (SSSR count). The molecule has 3 nitrogen and oxygen atoms in total. The van der Waals surface area contributed by atoms with Crippen LogP contribution in [0, 0.1) is 0 Å². The zero-order chi connectivity index (χ0) is 15.1. The van der Waals surface area contributed by atoms with E-state index in [2.05, 4.69) is 23.6 Å². The first-order chi connectivity index (χ1) is 10.2. The Morgan fingerprint density at radius 3 is 2.62 bits per heavy atom. The predicted octanol–water partition coefficient (Wildman–Crippen LogP) is 3.70. The molecule has 0 aliphatic carbocycles. The number of aldehydes is 1. The fourth-order valence-electron chi connectivity index (χ4n) is 2.12. The number of nitrogens with zero attached hydrogens (tertiary/aromatic N) is 1. The number of ether oxygens (including phenoxy) is 1. The Morgan fingerprint density at radius 2 is 1.95 bits per heavy atom. The van der Waals surface area contributed by atoms with Crippen molar-refractivity contribution in [3.63, 3.8) is 0 Å². The van der Waals surface area contributed by atoms with Gasteiger partial charge in [-0.15, -0.1) is 0 Å². The Hall–Kier alpha value is -2.55. The molecule has 108 valence electrons. The largest absolute Gasteiger partial charge is 0.489 e. The Bertz CT molecular complexity index is 608. The lowest BCUT2D eigenvalue weighted by atomic mass is 10.1. The zero-order valence-corrected chi connectivity index (χ0v) is 12.2. The molecule has 3 heteroatoms. The van der Waals surface area contributed by atoms with Gasteiger partial charge in [0.15, 0.2) is 6.29 Å². The van der Waals surface area contributed by atoms with Crippen LogP contribution in [0.1, 0.15) is 15.9 Å². The van der Waals surface area contributed by atoms with E-state index in [0.717, 1.165) is 24.1 Å². The SMILES string of the molecule is C=CCOc1ccc(CN(C)c2ccccc2)cc1C=O. The Labute approximate surface area is 125 Å². The summed E-state index contributed by atoms with van der Waals surface area (Å²) < 4.78 is 5.46. The van der Waals surface area contributed by atoms with Crippen LogP contribution in [-0.2, 0) is 6.54 Å². The first-order valence-electron chi connectivity index (χ1n) is 6.82. The van der Waals surface area contributed by atoms with Gasteiger partial charge in [0, 0.05) is 19.3 Å². The van der Waals surface area contributed by atoms with Gasteiger partial charge in [-0.3, -0.25) is 4.79 Å². The minimum Gasteiger partial charge on any atom is -0.489 e. The monoisotopic (exact) mass is 281 g/mol. The van der Waals surface area contributed by atoms with E-state index in [4.69, 9.17) is 4.74 Å². The van der Waals surface area contributed by atoms with Crippen molar-refractivity contribution in [2.24, 2.45) is 0 Å². The summed E-state index contributed by atoms with van der Waals surface area (Å²) in [7, 11) is 2.03. The average Bonchev–Trinajstić information content (AvgIpc) is 2.54. The van der Waals surface area contributed by atoms with Crippen molar-refractivity contribution < 1.29 is 9.53 Å². The standard InChI is InChI=1S/C18H19NO2/c1-3-11-21-18-10-9-15(12-16(18)14-20)13-19(2)17-7-5-4-6-8-17/h3-10,12,14H,1,11,13H2,2H3. The second kappa shape index (κ2) is 7.29. The number of hydrogen-bond acceptors (Lipinski definition) is 3. The van der Waals surface area contributed by atoms with Gasteiger partial charge in [-0.2, -0.15) is 0 Å². The number of benzene rings is 2. The van der Waals surface area contributed by atoms with Crippen LogP contribution in [-0.4, -0.2) is 19.9 Å². The second-order valence-electron chi connectivity index (χ2n) is 4.78. The van der Waals surface area contributed by atoms with Gasteiger partial charge < -0.3 is 9.64 Å². The van der Waals surface area contributed by atoms with Gasteiger partial charge >= 0.3 is 0 Å². The third-order valence-electron chi connectivity index (χ3n) is 3.17. The molecule has 0 aliphatic rings. The van der Waals surface area contributed by atoms with E-state index in [0.29, 0.717) is 17.9 Å².